The minimum Gasteiger partial charge on any atom is -0.392 e. The van der Waals surface area contributed by atoms with Gasteiger partial charge in [0.1, 0.15) is 0 Å². The van der Waals surface area contributed by atoms with Gasteiger partial charge in [-0.2, -0.15) is 0 Å². The van der Waals surface area contributed by atoms with Gasteiger partial charge in [-0.3, -0.25) is 4.79 Å². The summed E-state index contributed by atoms with van der Waals surface area (Å²) < 4.78 is 0. The molecule has 120 valence electrons. The van der Waals surface area contributed by atoms with Crippen LogP contribution in [0.25, 0.3) is 0 Å². The highest BCUT2D eigenvalue weighted by atomic mass is 16.3. The molecule has 1 aromatic rings. The summed E-state index contributed by atoms with van der Waals surface area (Å²) in [6.07, 6.45) is 3.62. The number of β-amino-alcohol motifs (C(OH)–C–C–N with tert-alkyl or cyclic N) is 1. The van der Waals surface area contributed by atoms with E-state index in [1.54, 1.807) is 0 Å². The van der Waals surface area contributed by atoms with E-state index in [1.807, 2.05) is 18.2 Å². The highest BCUT2D eigenvalue weighted by Crippen LogP contribution is 2.43. The van der Waals surface area contributed by atoms with Crippen LogP contribution in [0.15, 0.2) is 24.3 Å². The molecule has 0 amide bonds. The van der Waals surface area contributed by atoms with Gasteiger partial charge in [0.25, 0.3) is 0 Å². The minimum atomic E-state index is -0.267. The highest BCUT2D eigenvalue weighted by molar-refractivity contribution is 6.02. The quantitative estimate of drug-likeness (QED) is 0.933. The molecule has 3 rings (SSSR count). The Kier molecular flexibility index (Phi) is 4.37. The van der Waals surface area contributed by atoms with E-state index < -0.39 is 0 Å². The molecule has 1 fully saturated rings. The first kappa shape index (κ1) is 15.7. The molecule has 0 saturated carbocycles. The van der Waals surface area contributed by atoms with Crippen molar-refractivity contribution in [3.05, 3.63) is 35.4 Å². The van der Waals surface area contributed by atoms with Crippen LogP contribution in [0.4, 0.5) is 0 Å². The number of nitrogens with zero attached hydrogens (tertiary/aromatic N) is 1. The lowest BCUT2D eigenvalue weighted by molar-refractivity contribution is 0.0314. The maximum absolute atomic E-state index is 13.0. The zero-order valence-electron chi connectivity index (χ0n) is 13.7. The van der Waals surface area contributed by atoms with E-state index in [1.165, 1.54) is 5.56 Å². The molecule has 0 aromatic heterocycles. The fourth-order valence-corrected chi connectivity index (χ4v) is 3.85. The van der Waals surface area contributed by atoms with E-state index >= 15 is 0 Å². The SMILES string of the molecule is CC(C)[C@@H](O)CN1CCC2(CCc3ccccc3C2=O)CC1. The number of aryl methyl sites for hydroxylation is 1. The molecule has 1 saturated heterocycles. The van der Waals surface area contributed by atoms with Crippen LogP contribution in [-0.2, 0) is 6.42 Å². The first-order valence-electron chi connectivity index (χ1n) is 8.55. The van der Waals surface area contributed by atoms with Crippen LogP contribution in [0.5, 0.6) is 0 Å². The van der Waals surface area contributed by atoms with Crippen molar-refractivity contribution in [2.45, 2.75) is 45.6 Å². The number of Topliss-reactive ketones (excluding diaryl/α,β-unsaturated/α-hetero) is 1. The standard InChI is InChI=1S/C19H27NO2/c1-14(2)17(21)13-20-11-9-19(10-12-20)8-7-15-5-3-4-6-16(15)18(19)22/h3-6,14,17,21H,7-13H2,1-2H3/t17-/m0/s1. The molecule has 1 aromatic carbocycles. The highest BCUT2D eigenvalue weighted by Gasteiger charge is 2.44. The summed E-state index contributed by atoms with van der Waals surface area (Å²) in [5.41, 5.74) is 2.02. The number of hydrogen-bond acceptors (Lipinski definition) is 3. The van der Waals surface area contributed by atoms with Crippen LogP contribution in [-0.4, -0.2) is 41.5 Å². The smallest absolute Gasteiger partial charge is 0.169 e. The van der Waals surface area contributed by atoms with Crippen molar-refractivity contribution in [1.29, 1.82) is 0 Å². The first-order chi connectivity index (χ1) is 10.5. The van der Waals surface area contributed by atoms with Crippen molar-refractivity contribution in [3.8, 4) is 0 Å². The number of aliphatic hydroxyl groups is 1. The maximum Gasteiger partial charge on any atom is 0.169 e. The Morgan fingerprint density at radius 1 is 1.18 bits per heavy atom. The van der Waals surface area contributed by atoms with E-state index in [-0.39, 0.29) is 11.5 Å². The molecule has 1 heterocycles. The Balaban J connectivity index is 1.67. The number of carbonyl (C=O) groups excluding carboxylic acids is 1. The van der Waals surface area contributed by atoms with Crippen molar-refractivity contribution in [2.75, 3.05) is 19.6 Å². The van der Waals surface area contributed by atoms with Gasteiger partial charge >= 0.3 is 0 Å². The second-order valence-corrected chi connectivity index (χ2v) is 7.38. The van der Waals surface area contributed by atoms with Gasteiger partial charge in [-0.25, -0.2) is 0 Å². The molecule has 3 heteroatoms. The third-order valence-electron chi connectivity index (χ3n) is 5.64. The number of carbonyl (C=O) groups is 1. The number of hydrogen-bond donors (Lipinski definition) is 1. The molecule has 22 heavy (non-hydrogen) atoms. The molecule has 1 N–H and O–H groups in total. The van der Waals surface area contributed by atoms with Gasteiger partial charge in [-0.1, -0.05) is 38.1 Å². The average molecular weight is 301 g/mol. The molecule has 0 unspecified atom stereocenters. The third-order valence-corrected chi connectivity index (χ3v) is 5.64. The minimum absolute atomic E-state index is 0.145. The van der Waals surface area contributed by atoms with Gasteiger partial charge in [0, 0.05) is 17.5 Å². The number of fused-ring (bicyclic) bond motifs is 1. The molecule has 0 radical (unpaired) electrons. The van der Waals surface area contributed by atoms with E-state index in [4.69, 9.17) is 0 Å². The number of benzene rings is 1. The number of aliphatic hydroxyl groups excluding tert-OH is 1. The van der Waals surface area contributed by atoms with Crippen molar-refractivity contribution >= 4 is 5.78 Å². The van der Waals surface area contributed by atoms with Crippen LogP contribution < -0.4 is 0 Å². The number of likely N-dealkylation sites (tertiary alicyclic amines) is 1. The Hall–Kier alpha value is -1.19. The maximum atomic E-state index is 13.0. The molecule has 1 aliphatic carbocycles. The molecule has 1 spiro atoms. The fraction of sp³-hybridized carbons (Fsp3) is 0.632. The van der Waals surface area contributed by atoms with Gasteiger partial charge in [0.15, 0.2) is 5.78 Å². The van der Waals surface area contributed by atoms with Gasteiger partial charge in [0.2, 0.25) is 0 Å². The van der Waals surface area contributed by atoms with Gasteiger partial charge < -0.3 is 10.0 Å². The Bertz CT molecular complexity index is 544. The zero-order chi connectivity index (χ0) is 15.7. The molecule has 1 aliphatic heterocycles. The molecular formula is C19H27NO2. The Morgan fingerprint density at radius 2 is 1.86 bits per heavy atom. The van der Waals surface area contributed by atoms with E-state index in [0.717, 1.165) is 50.9 Å². The number of piperidine rings is 1. The van der Waals surface area contributed by atoms with Gasteiger partial charge in [-0.05, 0) is 50.3 Å². The van der Waals surface area contributed by atoms with Crippen LogP contribution in [0.1, 0.15) is 49.0 Å². The summed E-state index contributed by atoms with van der Waals surface area (Å²) in [4.78, 5) is 15.3. The van der Waals surface area contributed by atoms with Crippen molar-refractivity contribution in [2.24, 2.45) is 11.3 Å². The third kappa shape index (κ3) is 2.84. The lowest BCUT2D eigenvalue weighted by Crippen LogP contribution is -2.48. The normalized spacial score (nSPS) is 22.8. The summed E-state index contributed by atoms with van der Waals surface area (Å²) in [6, 6.07) is 8.09. The summed E-state index contributed by atoms with van der Waals surface area (Å²) in [7, 11) is 0. The first-order valence-corrected chi connectivity index (χ1v) is 8.55. The monoisotopic (exact) mass is 301 g/mol. The lowest BCUT2D eigenvalue weighted by Gasteiger charge is -2.43. The zero-order valence-corrected chi connectivity index (χ0v) is 13.7. The Morgan fingerprint density at radius 3 is 2.55 bits per heavy atom. The van der Waals surface area contributed by atoms with Crippen LogP contribution in [0.3, 0.4) is 0 Å². The topological polar surface area (TPSA) is 40.5 Å². The summed E-state index contributed by atoms with van der Waals surface area (Å²) >= 11 is 0. The van der Waals surface area contributed by atoms with Crippen LogP contribution in [0.2, 0.25) is 0 Å². The number of rotatable bonds is 3. The van der Waals surface area contributed by atoms with Gasteiger partial charge in [-0.15, -0.1) is 0 Å². The molecule has 3 nitrogen and oxygen atoms in total. The van der Waals surface area contributed by atoms with E-state index in [9.17, 15) is 9.90 Å². The molecule has 0 bridgehead atoms. The van der Waals surface area contributed by atoms with Crippen molar-refractivity contribution < 1.29 is 9.90 Å². The van der Waals surface area contributed by atoms with Crippen molar-refractivity contribution in [3.63, 3.8) is 0 Å². The molecule has 1 atom stereocenters. The fourth-order valence-electron chi connectivity index (χ4n) is 3.85. The lowest BCUT2D eigenvalue weighted by atomic mass is 9.65. The van der Waals surface area contributed by atoms with Crippen molar-refractivity contribution in [1.82, 2.24) is 4.90 Å². The second kappa shape index (κ2) is 6.13. The predicted octanol–water partition coefficient (Wildman–Crippen LogP) is 2.91. The van der Waals surface area contributed by atoms with Gasteiger partial charge in [0.05, 0.1) is 6.10 Å². The summed E-state index contributed by atoms with van der Waals surface area (Å²) in [5.74, 6) is 0.650. The average Bonchev–Trinajstić information content (AvgIpc) is 2.53. The largest absolute Gasteiger partial charge is 0.392 e. The van der Waals surface area contributed by atoms with E-state index in [2.05, 4.69) is 24.8 Å². The molecular weight excluding hydrogens is 274 g/mol. The number of ketones is 1. The molecule has 2 aliphatic rings. The Labute approximate surface area is 133 Å². The van der Waals surface area contributed by atoms with E-state index in [0.29, 0.717) is 11.7 Å². The van der Waals surface area contributed by atoms with Crippen LogP contribution >= 0.6 is 0 Å². The second-order valence-electron chi connectivity index (χ2n) is 7.38. The predicted molar refractivity (Wildman–Crippen MR) is 88.0 cm³/mol. The summed E-state index contributed by atoms with van der Waals surface area (Å²) in [5, 5.41) is 10.1. The summed E-state index contributed by atoms with van der Waals surface area (Å²) in [6.45, 7) is 6.70. The van der Waals surface area contributed by atoms with Crippen LogP contribution in [0, 0.1) is 11.3 Å².